The standard InChI is InChI=1S/C13H25N3O2/c1-16-7-4-12(5-8-16)15-6-2-3-11(10-17)9-13(14)18/h10-12,15H,2-9H2,1H3,(H2,14,18). The van der Waals surface area contributed by atoms with Gasteiger partial charge in [-0.05, 0) is 52.4 Å². The zero-order valence-electron chi connectivity index (χ0n) is 11.2. The van der Waals surface area contributed by atoms with Gasteiger partial charge in [-0.3, -0.25) is 4.79 Å². The first kappa shape index (κ1) is 15.1. The minimum absolute atomic E-state index is 0.178. The Labute approximate surface area is 109 Å². The third kappa shape index (κ3) is 6.12. The van der Waals surface area contributed by atoms with Crippen molar-refractivity contribution in [1.29, 1.82) is 0 Å². The van der Waals surface area contributed by atoms with Crippen LogP contribution in [0.15, 0.2) is 0 Å². The average molecular weight is 255 g/mol. The highest BCUT2D eigenvalue weighted by molar-refractivity contribution is 5.77. The molecule has 1 fully saturated rings. The van der Waals surface area contributed by atoms with Gasteiger partial charge in [0.2, 0.25) is 5.91 Å². The second-order valence-electron chi connectivity index (χ2n) is 5.24. The second kappa shape index (κ2) is 8.21. The highest BCUT2D eigenvalue weighted by Crippen LogP contribution is 2.10. The molecule has 3 N–H and O–H groups in total. The van der Waals surface area contributed by atoms with Crippen molar-refractivity contribution in [2.45, 2.75) is 38.1 Å². The number of aldehydes is 1. The molecule has 0 saturated carbocycles. The Morgan fingerprint density at radius 1 is 1.50 bits per heavy atom. The number of piperidine rings is 1. The van der Waals surface area contributed by atoms with Gasteiger partial charge in [0.1, 0.15) is 6.29 Å². The molecule has 0 spiro atoms. The number of hydrogen-bond acceptors (Lipinski definition) is 4. The van der Waals surface area contributed by atoms with Crippen LogP contribution in [0, 0.1) is 5.92 Å². The molecule has 1 unspecified atom stereocenters. The van der Waals surface area contributed by atoms with E-state index in [9.17, 15) is 9.59 Å². The maximum absolute atomic E-state index is 10.7. The van der Waals surface area contributed by atoms with Gasteiger partial charge in [0.05, 0.1) is 0 Å². The van der Waals surface area contributed by atoms with Crippen LogP contribution in [-0.2, 0) is 9.59 Å². The van der Waals surface area contributed by atoms with E-state index in [-0.39, 0.29) is 12.3 Å². The van der Waals surface area contributed by atoms with Gasteiger partial charge in [0, 0.05) is 18.4 Å². The zero-order valence-corrected chi connectivity index (χ0v) is 11.2. The molecule has 1 rings (SSSR count). The van der Waals surface area contributed by atoms with E-state index in [4.69, 9.17) is 5.73 Å². The lowest BCUT2D eigenvalue weighted by atomic mass is 10.0. The number of nitrogens with one attached hydrogen (secondary N) is 1. The molecule has 18 heavy (non-hydrogen) atoms. The highest BCUT2D eigenvalue weighted by atomic mass is 16.1. The van der Waals surface area contributed by atoms with Crippen LogP contribution in [0.25, 0.3) is 0 Å². The van der Waals surface area contributed by atoms with Gasteiger partial charge in [0.25, 0.3) is 0 Å². The number of primary amides is 1. The van der Waals surface area contributed by atoms with Crippen molar-refractivity contribution in [1.82, 2.24) is 10.2 Å². The molecular formula is C13H25N3O2. The summed E-state index contributed by atoms with van der Waals surface area (Å²) in [5.41, 5.74) is 5.08. The molecule has 1 atom stereocenters. The number of carbonyl (C=O) groups excluding carboxylic acids is 2. The van der Waals surface area contributed by atoms with Crippen molar-refractivity contribution in [2.24, 2.45) is 11.7 Å². The van der Waals surface area contributed by atoms with Gasteiger partial charge >= 0.3 is 0 Å². The fourth-order valence-corrected chi connectivity index (χ4v) is 2.36. The quantitative estimate of drug-likeness (QED) is 0.478. The second-order valence-corrected chi connectivity index (χ2v) is 5.24. The summed E-state index contributed by atoms with van der Waals surface area (Å²) in [6.45, 7) is 3.21. The number of likely N-dealkylation sites (tertiary alicyclic amines) is 1. The van der Waals surface area contributed by atoms with E-state index in [1.54, 1.807) is 0 Å². The number of rotatable bonds is 8. The van der Waals surface area contributed by atoms with E-state index in [1.807, 2.05) is 0 Å². The molecule has 104 valence electrons. The van der Waals surface area contributed by atoms with Crippen LogP contribution in [0.5, 0.6) is 0 Å². The number of nitrogens with zero attached hydrogens (tertiary/aromatic N) is 1. The molecule has 5 heteroatoms. The summed E-state index contributed by atoms with van der Waals surface area (Å²) >= 11 is 0. The molecule has 0 aliphatic carbocycles. The molecule has 0 aromatic rings. The van der Waals surface area contributed by atoms with Crippen LogP contribution in [0.3, 0.4) is 0 Å². The smallest absolute Gasteiger partial charge is 0.218 e. The summed E-state index contributed by atoms with van der Waals surface area (Å²) in [6.07, 6.45) is 5.07. The van der Waals surface area contributed by atoms with Crippen LogP contribution < -0.4 is 11.1 Å². The molecule has 1 saturated heterocycles. The van der Waals surface area contributed by atoms with E-state index in [0.29, 0.717) is 6.04 Å². The number of carbonyl (C=O) groups is 2. The Hall–Kier alpha value is -0.940. The fourth-order valence-electron chi connectivity index (χ4n) is 2.36. The van der Waals surface area contributed by atoms with Crippen LogP contribution >= 0.6 is 0 Å². The van der Waals surface area contributed by atoms with Gasteiger partial charge in [-0.25, -0.2) is 0 Å². The number of nitrogens with two attached hydrogens (primary N) is 1. The normalized spacial score (nSPS) is 19.6. The summed E-state index contributed by atoms with van der Waals surface area (Å²) in [6, 6.07) is 0.604. The summed E-state index contributed by atoms with van der Waals surface area (Å²) in [5, 5.41) is 3.52. The van der Waals surface area contributed by atoms with Gasteiger partial charge < -0.3 is 20.7 Å². The first-order valence-corrected chi connectivity index (χ1v) is 6.77. The highest BCUT2D eigenvalue weighted by Gasteiger charge is 2.16. The van der Waals surface area contributed by atoms with Crippen molar-refractivity contribution < 1.29 is 9.59 Å². The molecule has 1 amide bonds. The molecule has 0 aromatic carbocycles. The van der Waals surface area contributed by atoms with Gasteiger partial charge in [0.15, 0.2) is 0 Å². The molecule has 1 aliphatic rings. The lowest BCUT2D eigenvalue weighted by Crippen LogP contribution is -2.41. The van der Waals surface area contributed by atoms with Crippen LogP contribution in [0.2, 0.25) is 0 Å². The van der Waals surface area contributed by atoms with Crippen molar-refractivity contribution in [3.63, 3.8) is 0 Å². The Morgan fingerprint density at radius 3 is 2.72 bits per heavy atom. The molecule has 5 nitrogen and oxygen atoms in total. The molecule has 1 heterocycles. The molecular weight excluding hydrogens is 230 g/mol. The summed E-state index contributed by atoms with van der Waals surface area (Å²) in [7, 11) is 2.15. The largest absolute Gasteiger partial charge is 0.370 e. The van der Waals surface area contributed by atoms with Crippen molar-refractivity contribution >= 4 is 12.2 Å². The summed E-state index contributed by atoms with van der Waals surface area (Å²) in [5.74, 6) is -0.600. The maximum atomic E-state index is 10.7. The average Bonchev–Trinajstić information content (AvgIpc) is 2.34. The van der Waals surface area contributed by atoms with Crippen LogP contribution in [0.4, 0.5) is 0 Å². The summed E-state index contributed by atoms with van der Waals surface area (Å²) in [4.78, 5) is 23.8. The Balaban J connectivity index is 2.06. The maximum Gasteiger partial charge on any atom is 0.218 e. The number of hydrogen-bond donors (Lipinski definition) is 2. The minimum atomic E-state index is -0.393. The van der Waals surface area contributed by atoms with E-state index in [1.165, 1.54) is 12.8 Å². The zero-order chi connectivity index (χ0) is 13.4. The fraction of sp³-hybridized carbons (Fsp3) is 0.846. The lowest BCUT2D eigenvalue weighted by molar-refractivity contribution is -0.122. The van der Waals surface area contributed by atoms with E-state index >= 15 is 0 Å². The number of amides is 1. The SMILES string of the molecule is CN1CCC(NCCCC(C=O)CC(N)=O)CC1. The lowest BCUT2D eigenvalue weighted by Gasteiger charge is -2.29. The van der Waals surface area contributed by atoms with E-state index in [2.05, 4.69) is 17.3 Å². The minimum Gasteiger partial charge on any atom is -0.370 e. The molecule has 0 aromatic heterocycles. The van der Waals surface area contributed by atoms with Gasteiger partial charge in [-0.1, -0.05) is 0 Å². The van der Waals surface area contributed by atoms with Crippen molar-refractivity contribution in [2.75, 3.05) is 26.7 Å². The van der Waals surface area contributed by atoms with Crippen molar-refractivity contribution in [3.05, 3.63) is 0 Å². The van der Waals surface area contributed by atoms with Crippen LogP contribution in [0.1, 0.15) is 32.1 Å². The molecule has 1 aliphatic heterocycles. The molecule has 0 bridgehead atoms. The molecule has 0 radical (unpaired) electrons. The van der Waals surface area contributed by atoms with Crippen LogP contribution in [-0.4, -0.2) is 49.8 Å². The predicted octanol–water partition coefficient (Wildman–Crippen LogP) is 0.141. The predicted molar refractivity (Wildman–Crippen MR) is 71.1 cm³/mol. The third-order valence-electron chi connectivity index (χ3n) is 3.56. The first-order valence-electron chi connectivity index (χ1n) is 6.77. The van der Waals surface area contributed by atoms with E-state index in [0.717, 1.165) is 38.8 Å². The topological polar surface area (TPSA) is 75.4 Å². The monoisotopic (exact) mass is 255 g/mol. The van der Waals surface area contributed by atoms with Crippen molar-refractivity contribution in [3.8, 4) is 0 Å². The Morgan fingerprint density at radius 2 is 2.17 bits per heavy atom. The third-order valence-corrected chi connectivity index (χ3v) is 3.56. The summed E-state index contributed by atoms with van der Waals surface area (Å²) < 4.78 is 0. The first-order chi connectivity index (χ1) is 8.61. The Bertz CT molecular complexity index is 263. The van der Waals surface area contributed by atoms with Gasteiger partial charge in [-0.2, -0.15) is 0 Å². The Kier molecular flexibility index (Phi) is 6.90. The van der Waals surface area contributed by atoms with E-state index < -0.39 is 5.91 Å². The van der Waals surface area contributed by atoms with Gasteiger partial charge in [-0.15, -0.1) is 0 Å².